The number of benzene rings is 1. The Labute approximate surface area is 90.1 Å². The first kappa shape index (κ1) is 10.3. The first-order valence-corrected chi connectivity index (χ1v) is 5.48. The van der Waals surface area contributed by atoms with Crippen molar-refractivity contribution in [3.63, 3.8) is 0 Å². The summed E-state index contributed by atoms with van der Waals surface area (Å²) < 4.78 is 5.59. The van der Waals surface area contributed by atoms with Gasteiger partial charge in [0, 0.05) is 11.6 Å². The number of ether oxygens (including phenoxy) is 1. The van der Waals surface area contributed by atoms with E-state index in [0.717, 1.165) is 30.7 Å². The van der Waals surface area contributed by atoms with Crippen LogP contribution in [0.15, 0.2) is 18.2 Å². The van der Waals surface area contributed by atoms with Crippen LogP contribution in [0.4, 0.5) is 0 Å². The fourth-order valence-corrected chi connectivity index (χ4v) is 1.87. The van der Waals surface area contributed by atoms with Crippen LogP contribution in [0.3, 0.4) is 0 Å². The summed E-state index contributed by atoms with van der Waals surface area (Å²) in [6.07, 6.45) is 1.96. The van der Waals surface area contributed by atoms with Gasteiger partial charge in [-0.05, 0) is 31.5 Å². The van der Waals surface area contributed by atoms with Crippen LogP contribution in [0.2, 0.25) is 0 Å². The summed E-state index contributed by atoms with van der Waals surface area (Å²) >= 11 is 0. The Morgan fingerprint density at radius 2 is 2.40 bits per heavy atom. The molecule has 1 heterocycles. The summed E-state index contributed by atoms with van der Waals surface area (Å²) in [6.45, 7) is 3.83. The molecule has 0 saturated heterocycles. The molecule has 1 unspecified atom stereocenters. The van der Waals surface area contributed by atoms with Crippen LogP contribution in [0.1, 0.15) is 18.9 Å². The van der Waals surface area contributed by atoms with Gasteiger partial charge in [-0.15, -0.1) is 0 Å². The van der Waals surface area contributed by atoms with Crippen LogP contribution in [-0.4, -0.2) is 24.3 Å². The van der Waals surface area contributed by atoms with E-state index in [2.05, 4.69) is 12.2 Å². The molecular weight excluding hydrogens is 190 g/mol. The molecule has 1 aromatic carbocycles. The molecule has 0 spiro atoms. The zero-order valence-corrected chi connectivity index (χ0v) is 8.99. The van der Waals surface area contributed by atoms with Gasteiger partial charge in [0.15, 0.2) is 0 Å². The van der Waals surface area contributed by atoms with Crippen LogP contribution < -0.4 is 10.1 Å². The molecule has 1 aromatic rings. The van der Waals surface area contributed by atoms with Crippen LogP contribution >= 0.6 is 0 Å². The van der Waals surface area contributed by atoms with Gasteiger partial charge in [0.2, 0.25) is 0 Å². The number of aromatic hydroxyl groups is 1. The molecule has 1 aliphatic rings. The molecule has 3 nitrogen and oxygen atoms in total. The molecule has 0 amide bonds. The lowest BCUT2D eigenvalue weighted by Crippen LogP contribution is -2.39. The van der Waals surface area contributed by atoms with E-state index in [-0.39, 0.29) is 0 Å². The smallest absolute Gasteiger partial charge is 0.126 e. The Bertz CT molecular complexity index is 338. The van der Waals surface area contributed by atoms with Gasteiger partial charge in [0.1, 0.15) is 18.1 Å². The number of phenols is 1. The Balaban J connectivity index is 2.08. The molecule has 0 radical (unpaired) electrons. The fraction of sp³-hybridized carbons (Fsp3) is 0.500. The number of hydrogen-bond acceptors (Lipinski definition) is 3. The zero-order valence-electron chi connectivity index (χ0n) is 8.99. The van der Waals surface area contributed by atoms with E-state index >= 15 is 0 Å². The molecule has 0 bridgehead atoms. The third-order valence-electron chi connectivity index (χ3n) is 2.68. The Hall–Kier alpha value is -1.22. The molecule has 0 fully saturated rings. The van der Waals surface area contributed by atoms with Crippen molar-refractivity contribution in [2.24, 2.45) is 0 Å². The number of fused-ring (bicyclic) bond motifs is 1. The largest absolute Gasteiger partial charge is 0.508 e. The van der Waals surface area contributed by atoms with Crippen molar-refractivity contribution in [1.29, 1.82) is 0 Å². The molecule has 82 valence electrons. The predicted molar refractivity (Wildman–Crippen MR) is 59.4 cm³/mol. The van der Waals surface area contributed by atoms with Crippen LogP contribution in [-0.2, 0) is 6.42 Å². The topological polar surface area (TPSA) is 41.5 Å². The lowest BCUT2D eigenvalue weighted by Gasteiger charge is -2.26. The second-order valence-electron chi connectivity index (χ2n) is 3.92. The second-order valence-corrected chi connectivity index (χ2v) is 3.92. The average Bonchev–Trinajstić information content (AvgIpc) is 2.27. The molecule has 15 heavy (non-hydrogen) atoms. The minimum absolute atomic E-state index is 0.325. The van der Waals surface area contributed by atoms with Gasteiger partial charge in [-0.25, -0.2) is 0 Å². The van der Waals surface area contributed by atoms with Gasteiger partial charge in [-0.3, -0.25) is 0 Å². The number of nitrogens with one attached hydrogen (secondary N) is 1. The zero-order chi connectivity index (χ0) is 10.7. The van der Waals surface area contributed by atoms with Crippen molar-refractivity contribution >= 4 is 0 Å². The van der Waals surface area contributed by atoms with Gasteiger partial charge in [-0.1, -0.05) is 13.0 Å². The van der Waals surface area contributed by atoms with E-state index < -0.39 is 0 Å². The first-order valence-electron chi connectivity index (χ1n) is 5.48. The maximum atomic E-state index is 9.69. The molecule has 2 N–H and O–H groups in total. The first-order chi connectivity index (χ1) is 7.31. The van der Waals surface area contributed by atoms with Gasteiger partial charge in [-0.2, -0.15) is 0 Å². The van der Waals surface area contributed by atoms with Crippen molar-refractivity contribution in [1.82, 2.24) is 5.32 Å². The van der Waals surface area contributed by atoms with E-state index in [4.69, 9.17) is 4.74 Å². The highest BCUT2D eigenvalue weighted by atomic mass is 16.5. The maximum absolute atomic E-state index is 9.69. The monoisotopic (exact) mass is 207 g/mol. The quantitative estimate of drug-likeness (QED) is 0.792. The van der Waals surface area contributed by atoms with E-state index in [1.54, 1.807) is 6.07 Å². The van der Waals surface area contributed by atoms with Gasteiger partial charge >= 0.3 is 0 Å². The molecule has 1 aliphatic heterocycles. The second kappa shape index (κ2) is 4.53. The summed E-state index contributed by atoms with van der Waals surface area (Å²) in [6, 6.07) is 5.76. The molecule has 1 atom stereocenters. The number of rotatable bonds is 3. The minimum atomic E-state index is 0.325. The van der Waals surface area contributed by atoms with Crippen LogP contribution in [0.5, 0.6) is 11.5 Å². The van der Waals surface area contributed by atoms with Crippen LogP contribution in [0, 0.1) is 0 Å². The van der Waals surface area contributed by atoms with Gasteiger partial charge in [0.25, 0.3) is 0 Å². The van der Waals surface area contributed by atoms with Crippen molar-refractivity contribution in [3.8, 4) is 11.5 Å². The summed E-state index contributed by atoms with van der Waals surface area (Å²) in [5, 5.41) is 13.1. The summed E-state index contributed by atoms with van der Waals surface area (Å²) in [5.41, 5.74) is 0.928. The Morgan fingerprint density at radius 1 is 1.53 bits per heavy atom. The van der Waals surface area contributed by atoms with E-state index in [9.17, 15) is 5.11 Å². The predicted octanol–water partition coefficient (Wildman–Crippen LogP) is 1.70. The maximum Gasteiger partial charge on any atom is 0.126 e. The van der Waals surface area contributed by atoms with Crippen molar-refractivity contribution in [2.45, 2.75) is 25.8 Å². The summed E-state index contributed by atoms with van der Waals surface area (Å²) in [4.78, 5) is 0. The van der Waals surface area contributed by atoms with Gasteiger partial charge < -0.3 is 15.2 Å². The van der Waals surface area contributed by atoms with E-state index in [1.807, 2.05) is 12.1 Å². The molecule has 3 heteroatoms. The summed E-state index contributed by atoms with van der Waals surface area (Å²) in [5.74, 6) is 1.17. The highest BCUT2D eigenvalue weighted by molar-refractivity contribution is 5.45. The highest BCUT2D eigenvalue weighted by Crippen LogP contribution is 2.31. The molecule has 0 aliphatic carbocycles. The van der Waals surface area contributed by atoms with Gasteiger partial charge in [0.05, 0.1) is 0 Å². The van der Waals surface area contributed by atoms with Crippen molar-refractivity contribution < 1.29 is 9.84 Å². The fourth-order valence-electron chi connectivity index (χ4n) is 1.87. The van der Waals surface area contributed by atoms with Crippen LogP contribution in [0.25, 0.3) is 0 Å². The molecule has 0 saturated carbocycles. The van der Waals surface area contributed by atoms with Crippen molar-refractivity contribution in [2.75, 3.05) is 13.2 Å². The lowest BCUT2D eigenvalue weighted by molar-refractivity contribution is 0.236. The molecule has 0 aromatic heterocycles. The third kappa shape index (κ3) is 2.23. The third-order valence-corrected chi connectivity index (χ3v) is 2.68. The SMILES string of the molecule is CCCNC1COc2cccc(O)c2C1. The number of phenolic OH excluding ortho intramolecular Hbond substituents is 1. The molecule has 2 rings (SSSR count). The Kier molecular flexibility index (Phi) is 3.11. The lowest BCUT2D eigenvalue weighted by atomic mass is 10.0. The van der Waals surface area contributed by atoms with E-state index in [1.165, 1.54) is 0 Å². The van der Waals surface area contributed by atoms with E-state index in [0.29, 0.717) is 18.4 Å². The normalized spacial score (nSPS) is 19.4. The Morgan fingerprint density at radius 3 is 3.20 bits per heavy atom. The summed E-state index contributed by atoms with van der Waals surface area (Å²) in [7, 11) is 0. The standard InChI is InChI=1S/C12H17NO2/c1-2-6-13-9-7-10-11(14)4-3-5-12(10)15-8-9/h3-5,9,13-14H,2,6-8H2,1H3. The average molecular weight is 207 g/mol. The minimum Gasteiger partial charge on any atom is -0.508 e. The highest BCUT2D eigenvalue weighted by Gasteiger charge is 2.21. The van der Waals surface area contributed by atoms with Crippen molar-refractivity contribution in [3.05, 3.63) is 23.8 Å². The molecular formula is C12H17NO2. The number of hydrogen-bond donors (Lipinski definition) is 2.